The van der Waals surface area contributed by atoms with Crippen LogP contribution in [0.5, 0.6) is 0 Å². The predicted octanol–water partition coefficient (Wildman–Crippen LogP) is 5.28. The molecule has 1 unspecified atom stereocenters. The van der Waals surface area contributed by atoms with E-state index in [9.17, 15) is 0 Å². The van der Waals surface area contributed by atoms with Gasteiger partial charge >= 0.3 is 0 Å². The molecule has 17 heavy (non-hydrogen) atoms. The van der Waals surface area contributed by atoms with Gasteiger partial charge in [-0.25, -0.2) is 0 Å². The summed E-state index contributed by atoms with van der Waals surface area (Å²) in [5.74, 6) is 0. The summed E-state index contributed by atoms with van der Waals surface area (Å²) < 4.78 is 1.07. The summed E-state index contributed by atoms with van der Waals surface area (Å²) in [6, 6.07) is 16.7. The van der Waals surface area contributed by atoms with Crippen LogP contribution in [0.25, 0.3) is 0 Å². The highest BCUT2D eigenvalue weighted by molar-refractivity contribution is 9.10. The zero-order chi connectivity index (χ0) is 12.3. The van der Waals surface area contributed by atoms with Crippen LogP contribution in [0.1, 0.15) is 22.1 Å². The van der Waals surface area contributed by atoms with Crippen molar-refractivity contribution in [3.63, 3.8) is 0 Å². The zero-order valence-electron chi connectivity index (χ0n) is 9.66. The molecule has 2 aromatic rings. The summed E-state index contributed by atoms with van der Waals surface area (Å²) in [6.45, 7) is 2.09. The number of halogens is 2. The van der Waals surface area contributed by atoms with Gasteiger partial charge in [-0.15, -0.1) is 11.6 Å². The standard InChI is InChI=1S/C15H14BrCl/c1-11-5-7-12(8-6-11)9-15(17)13-3-2-4-14(16)10-13/h2-8,10,15H,9H2,1H3. The Bertz CT molecular complexity index is 491. The van der Waals surface area contributed by atoms with Crippen molar-refractivity contribution >= 4 is 27.5 Å². The SMILES string of the molecule is Cc1ccc(CC(Cl)c2cccc(Br)c2)cc1. The fraction of sp³-hybridized carbons (Fsp3) is 0.200. The van der Waals surface area contributed by atoms with Crippen LogP contribution in [0.2, 0.25) is 0 Å². The van der Waals surface area contributed by atoms with Gasteiger partial charge < -0.3 is 0 Å². The molecule has 0 aliphatic rings. The Morgan fingerprint density at radius 1 is 1.12 bits per heavy atom. The highest BCUT2D eigenvalue weighted by Gasteiger charge is 2.08. The maximum absolute atomic E-state index is 6.43. The molecule has 0 nitrogen and oxygen atoms in total. The lowest BCUT2D eigenvalue weighted by molar-refractivity contribution is 0.918. The predicted molar refractivity (Wildman–Crippen MR) is 77.6 cm³/mol. The molecule has 0 spiro atoms. The summed E-state index contributed by atoms with van der Waals surface area (Å²) in [5.41, 5.74) is 3.71. The van der Waals surface area contributed by atoms with Crippen molar-refractivity contribution in [2.75, 3.05) is 0 Å². The van der Waals surface area contributed by atoms with Crippen molar-refractivity contribution in [1.82, 2.24) is 0 Å². The third-order valence-corrected chi connectivity index (χ3v) is 3.65. The van der Waals surface area contributed by atoms with Crippen molar-refractivity contribution in [2.45, 2.75) is 18.7 Å². The number of hydrogen-bond donors (Lipinski definition) is 0. The molecule has 2 aromatic carbocycles. The molecule has 0 saturated heterocycles. The van der Waals surface area contributed by atoms with Gasteiger partial charge in [-0.1, -0.05) is 57.9 Å². The van der Waals surface area contributed by atoms with Crippen molar-refractivity contribution in [2.24, 2.45) is 0 Å². The van der Waals surface area contributed by atoms with E-state index in [4.69, 9.17) is 11.6 Å². The minimum atomic E-state index is 0.0233. The Labute approximate surface area is 116 Å². The Kier molecular flexibility index (Phi) is 4.25. The highest BCUT2D eigenvalue weighted by Crippen LogP contribution is 2.27. The Hall–Kier alpha value is -0.790. The molecule has 0 aliphatic heterocycles. The van der Waals surface area contributed by atoms with Crippen molar-refractivity contribution in [3.05, 3.63) is 69.7 Å². The number of aryl methyl sites for hydroxylation is 1. The molecule has 0 heterocycles. The molecule has 0 amide bonds. The van der Waals surface area contributed by atoms with E-state index >= 15 is 0 Å². The average molecular weight is 310 g/mol. The van der Waals surface area contributed by atoms with E-state index in [2.05, 4.69) is 59.3 Å². The minimum Gasteiger partial charge on any atom is -0.117 e. The summed E-state index contributed by atoms with van der Waals surface area (Å²) >= 11 is 9.90. The first kappa shape index (κ1) is 12.7. The molecule has 0 saturated carbocycles. The van der Waals surface area contributed by atoms with E-state index < -0.39 is 0 Å². The van der Waals surface area contributed by atoms with E-state index in [0.29, 0.717) is 0 Å². The fourth-order valence-electron chi connectivity index (χ4n) is 1.75. The summed E-state index contributed by atoms with van der Waals surface area (Å²) in [4.78, 5) is 0. The Morgan fingerprint density at radius 2 is 1.82 bits per heavy atom. The second kappa shape index (κ2) is 5.70. The van der Waals surface area contributed by atoms with Gasteiger partial charge in [0.1, 0.15) is 0 Å². The molecule has 0 bridgehead atoms. The number of hydrogen-bond acceptors (Lipinski definition) is 0. The molecule has 0 N–H and O–H groups in total. The molecular formula is C15H14BrCl. The average Bonchev–Trinajstić information content (AvgIpc) is 2.32. The Balaban J connectivity index is 2.11. The van der Waals surface area contributed by atoms with Crippen LogP contribution in [0.15, 0.2) is 53.0 Å². The first-order chi connectivity index (χ1) is 8.15. The van der Waals surface area contributed by atoms with E-state index in [0.717, 1.165) is 16.5 Å². The third kappa shape index (κ3) is 3.58. The molecular weight excluding hydrogens is 296 g/mol. The lowest BCUT2D eigenvalue weighted by atomic mass is 10.0. The van der Waals surface area contributed by atoms with Crippen molar-refractivity contribution < 1.29 is 0 Å². The van der Waals surface area contributed by atoms with Gasteiger partial charge in [0.15, 0.2) is 0 Å². The topological polar surface area (TPSA) is 0 Å². The summed E-state index contributed by atoms with van der Waals surface area (Å²) in [6.07, 6.45) is 0.859. The molecule has 88 valence electrons. The largest absolute Gasteiger partial charge is 0.117 e. The van der Waals surface area contributed by atoms with E-state index in [1.54, 1.807) is 0 Å². The molecule has 0 radical (unpaired) electrons. The van der Waals surface area contributed by atoms with Gasteiger partial charge in [0.05, 0.1) is 5.38 Å². The smallest absolute Gasteiger partial charge is 0.0625 e. The molecule has 0 aromatic heterocycles. The van der Waals surface area contributed by atoms with Gasteiger partial charge in [-0.2, -0.15) is 0 Å². The minimum absolute atomic E-state index is 0.0233. The van der Waals surface area contributed by atoms with Crippen LogP contribution in [-0.4, -0.2) is 0 Å². The van der Waals surface area contributed by atoms with Crippen LogP contribution in [-0.2, 0) is 6.42 Å². The first-order valence-corrected chi connectivity index (χ1v) is 6.83. The van der Waals surface area contributed by atoms with Gasteiger partial charge in [0.25, 0.3) is 0 Å². The summed E-state index contributed by atoms with van der Waals surface area (Å²) in [5, 5.41) is 0.0233. The van der Waals surface area contributed by atoms with Gasteiger partial charge in [-0.05, 0) is 36.6 Å². The van der Waals surface area contributed by atoms with Crippen LogP contribution in [0.3, 0.4) is 0 Å². The van der Waals surface area contributed by atoms with Crippen LogP contribution < -0.4 is 0 Å². The molecule has 2 heteroatoms. The zero-order valence-corrected chi connectivity index (χ0v) is 12.0. The van der Waals surface area contributed by atoms with Crippen LogP contribution in [0.4, 0.5) is 0 Å². The maximum atomic E-state index is 6.43. The number of rotatable bonds is 3. The molecule has 0 fully saturated rings. The van der Waals surface area contributed by atoms with Crippen LogP contribution in [0, 0.1) is 6.92 Å². The van der Waals surface area contributed by atoms with Gasteiger partial charge in [-0.3, -0.25) is 0 Å². The quantitative estimate of drug-likeness (QED) is 0.677. The van der Waals surface area contributed by atoms with E-state index in [-0.39, 0.29) is 5.38 Å². The molecule has 0 aliphatic carbocycles. The van der Waals surface area contributed by atoms with Gasteiger partial charge in [0, 0.05) is 4.47 Å². The number of alkyl halides is 1. The van der Waals surface area contributed by atoms with E-state index in [1.807, 2.05) is 12.1 Å². The molecule has 2 rings (SSSR count). The van der Waals surface area contributed by atoms with Crippen molar-refractivity contribution in [1.29, 1.82) is 0 Å². The Morgan fingerprint density at radius 3 is 2.47 bits per heavy atom. The second-order valence-electron chi connectivity index (χ2n) is 4.21. The van der Waals surface area contributed by atoms with E-state index in [1.165, 1.54) is 11.1 Å². The summed E-state index contributed by atoms with van der Waals surface area (Å²) in [7, 11) is 0. The lowest BCUT2D eigenvalue weighted by Gasteiger charge is -2.10. The highest BCUT2D eigenvalue weighted by atomic mass is 79.9. The normalized spacial score (nSPS) is 12.4. The van der Waals surface area contributed by atoms with Gasteiger partial charge in [0.2, 0.25) is 0 Å². The van der Waals surface area contributed by atoms with Crippen molar-refractivity contribution in [3.8, 4) is 0 Å². The first-order valence-electron chi connectivity index (χ1n) is 5.60. The molecule has 1 atom stereocenters. The van der Waals surface area contributed by atoms with Crippen LogP contribution >= 0.6 is 27.5 Å². The number of benzene rings is 2. The third-order valence-electron chi connectivity index (χ3n) is 2.75. The fourth-order valence-corrected chi connectivity index (χ4v) is 2.48. The maximum Gasteiger partial charge on any atom is 0.0625 e. The second-order valence-corrected chi connectivity index (χ2v) is 5.65. The monoisotopic (exact) mass is 308 g/mol. The lowest BCUT2D eigenvalue weighted by Crippen LogP contribution is -1.95.